The topological polar surface area (TPSA) is 3.24 Å². The molecule has 90 valence electrons. The van der Waals surface area contributed by atoms with E-state index in [9.17, 15) is 0 Å². The van der Waals surface area contributed by atoms with Gasteiger partial charge in [-0.1, -0.05) is 18.2 Å². The minimum Gasteiger partial charge on any atom is -0.293 e. The predicted molar refractivity (Wildman–Crippen MR) is 75.7 cm³/mol. The summed E-state index contributed by atoms with van der Waals surface area (Å²) >= 11 is 1.98. The second-order valence-electron chi connectivity index (χ2n) is 5.84. The Kier molecular flexibility index (Phi) is 2.53. The number of hydrogen-bond acceptors (Lipinski definition) is 2. The first kappa shape index (κ1) is 11.2. The van der Waals surface area contributed by atoms with Gasteiger partial charge in [0.15, 0.2) is 0 Å². The molecule has 0 saturated carbocycles. The van der Waals surface area contributed by atoms with Gasteiger partial charge in [-0.15, -0.1) is 11.3 Å². The lowest BCUT2D eigenvalue weighted by molar-refractivity contribution is 0.123. The maximum Gasteiger partial charge on any atom is 0.0349 e. The zero-order valence-electron chi connectivity index (χ0n) is 10.8. The molecule has 1 aromatic carbocycles. The van der Waals surface area contributed by atoms with E-state index in [0.29, 0.717) is 0 Å². The summed E-state index contributed by atoms with van der Waals surface area (Å²) in [4.78, 5) is 4.16. The molecular formula is C15H19NS. The van der Waals surface area contributed by atoms with Crippen LogP contribution in [-0.4, -0.2) is 17.0 Å². The molecule has 1 nitrogen and oxygen atoms in total. The fourth-order valence-electron chi connectivity index (χ4n) is 2.62. The van der Waals surface area contributed by atoms with Crippen molar-refractivity contribution in [2.24, 2.45) is 0 Å². The first-order valence-electron chi connectivity index (χ1n) is 6.30. The molecule has 0 unspecified atom stereocenters. The zero-order valence-corrected chi connectivity index (χ0v) is 11.6. The maximum absolute atomic E-state index is 2.59. The highest BCUT2D eigenvalue weighted by atomic mass is 32.1. The molecule has 0 bridgehead atoms. The van der Waals surface area contributed by atoms with Crippen molar-refractivity contribution >= 4 is 21.4 Å². The van der Waals surface area contributed by atoms with Crippen molar-refractivity contribution in [3.05, 3.63) is 34.7 Å². The highest BCUT2D eigenvalue weighted by Crippen LogP contribution is 2.36. The number of benzene rings is 1. The van der Waals surface area contributed by atoms with Crippen molar-refractivity contribution in [1.82, 2.24) is 4.90 Å². The van der Waals surface area contributed by atoms with Crippen LogP contribution in [0.4, 0.5) is 0 Å². The molecule has 17 heavy (non-hydrogen) atoms. The van der Waals surface area contributed by atoms with Gasteiger partial charge in [-0.25, -0.2) is 0 Å². The first-order chi connectivity index (χ1) is 8.05. The molecule has 0 fully saturated rings. The number of thiophene rings is 1. The van der Waals surface area contributed by atoms with Crippen molar-refractivity contribution in [3.8, 4) is 0 Å². The van der Waals surface area contributed by atoms with E-state index in [1.807, 2.05) is 11.3 Å². The normalized spacial score (nSPS) is 17.4. The highest BCUT2D eigenvalue weighted by Gasteiger charge is 2.27. The molecule has 3 rings (SSSR count). The van der Waals surface area contributed by atoms with Crippen LogP contribution in [0.5, 0.6) is 0 Å². The Labute approximate surface area is 107 Å². The molecule has 2 heterocycles. The van der Waals surface area contributed by atoms with Gasteiger partial charge in [0.2, 0.25) is 0 Å². The van der Waals surface area contributed by atoms with E-state index >= 15 is 0 Å². The third-order valence-electron chi connectivity index (χ3n) is 3.70. The van der Waals surface area contributed by atoms with Crippen LogP contribution in [0, 0.1) is 0 Å². The second-order valence-corrected chi connectivity index (χ2v) is 6.98. The van der Waals surface area contributed by atoms with Crippen LogP contribution in [0.1, 0.15) is 31.2 Å². The SMILES string of the molecule is CC(C)(C)N1CCc2c(sc3ccccc23)C1. The molecule has 0 amide bonds. The number of hydrogen-bond donors (Lipinski definition) is 0. The van der Waals surface area contributed by atoms with Crippen LogP contribution in [0.2, 0.25) is 0 Å². The quantitative estimate of drug-likeness (QED) is 0.676. The smallest absolute Gasteiger partial charge is 0.0349 e. The second kappa shape index (κ2) is 3.82. The van der Waals surface area contributed by atoms with E-state index < -0.39 is 0 Å². The van der Waals surface area contributed by atoms with Crippen LogP contribution < -0.4 is 0 Å². The van der Waals surface area contributed by atoms with Gasteiger partial charge in [-0.3, -0.25) is 4.90 Å². The van der Waals surface area contributed by atoms with Gasteiger partial charge >= 0.3 is 0 Å². The minimum absolute atomic E-state index is 0.286. The molecular weight excluding hydrogens is 226 g/mol. The van der Waals surface area contributed by atoms with E-state index in [1.54, 1.807) is 10.4 Å². The fourth-order valence-corrected chi connectivity index (χ4v) is 3.89. The Morgan fingerprint density at radius 3 is 2.71 bits per heavy atom. The molecule has 0 radical (unpaired) electrons. The highest BCUT2D eigenvalue weighted by molar-refractivity contribution is 7.19. The van der Waals surface area contributed by atoms with Gasteiger partial charge in [0.05, 0.1) is 0 Å². The summed E-state index contributed by atoms with van der Waals surface area (Å²) in [6, 6.07) is 8.83. The summed E-state index contributed by atoms with van der Waals surface area (Å²) in [5, 5.41) is 1.49. The van der Waals surface area contributed by atoms with Crippen LogP contribution in [0.15, 0.2) is 24.3 Å². The Morgan fingerprint density at radius 1 is 1.18 bits per heavy atom. The molecule has 1 aliphatic heterocycles. The predicted octanol–water partition coefficient (Wildman–Crippen LogP) is 4.06. The molecule has 2 aromatic rings. The van der Waals surface area contributed by atoms with E-state index in [1.165, 1.54) is 23.1 Å². The molecule has 0 atom stereocenters. The summed E-state index contributed by atoms with van der Waals surface area (Å²) in [7, 11) is 0. The summed E-state index contributed by atoms with van der Waals surface area (Å²) in [5.74, 6) is 0. The van der Waals surface area contributed by atoms with E-state index in [-0.39, 0.29) is 5.54 Å². The van der Waals surface area contributed by atoms with E-state index in [0.717, 1.165) is 6.54 Å². The van der Waals surface area contributed by atoms with Gasteiger partial charge in [0.25, 0.3) is 0 Å². The van der Waals surface area contributed by atoms with E-state index in [4.69, 9.17) is 0 Å². The largest absolute Gasteiger partial charge is 0.293 e. The number of fused-ring (bicyclic) bond motifs is 3. The maximum atomic E-state index is 2.59. The lowest BCUT2D eigenvalue weighted by Gasteiger charge is -2.38. The zero-order chi connectivity index (χ0) is 12.0. The average Bonchev–Trinajstić information content (AvgIpc) is 2.65. The van der Waals surface area contributed by atoms with Crippen LogP contribution >= 0.6 is 11.3 Å². The Bertz CT molecular complexity index is 548. The van der Waals surface area contributed by atoms with Gasteiger partial charge in [0, 0.05) is 28.2 Å². The van der Waals surface area contributed by atoms with Crippen molar-refractivity contribution in [2.75, 3.05) is 6.54 Å². The van der Waals surface area contributed by atoms with Gasteiger partial charge in [-0.2, -0.15) is 0 Å². The molecule has 1 aromatic heterocycles. The summed E-state index contributed by atoms with van der Waals surface area (Å²) in [6.07, 6.45) is 1.20. The van der Waals surface area contributed by atoms with Crippen molar-refractivity contribution < 1.29 is 0 Å². The molecule has 0 N–H and O–H groups in total. The Morgan fingerprint density at radius 2 is 1.94 bits per heavy atom. The standard InChI is InChI=1S/C15H19NS/c1-15(2,3)16-9-8-12-11-6-4-5-7-13(11)17-14(12)10-16/h4-7H,8-10H2,1-3H3. The van der Waals surface area contributed by atoms with Gasteiger partial charge in [-0.05, 0) is 44.2 Å². The number of rotatable bonds is 0. The Balaban J connectivity index is 2.04. The molecule has 0 spiro atoms. The monoisotopic (exact) mass is 245 g/mol. The van der Waals surface area contributed by atoms with Gasteiger partial charge < -0.3 is 0 Å². The van der Waals surface area contributed by atoms with Crippen molar-refractivity contribution in [3.63, 3.8) is 0 Å². The third-order valence-corrected chi connectivity index (χ3v) is 4.89. The molecule has 2 heteroatoms. The minimum atomic E-state index is 0.286. The van der Waals surface area contributed by atoms with Crippen LogP contribution in [-0.2, 0) is 13.0 Å². The Hall–Kier alpha value is -0.860. The summed E-state index contributed by atoms with van der Waals surface area (Å²) in [5.41, 5.74) is 1.89. The molecule has 0 saturated heterocycles. The number of nitrogens with zero attached hydrogens (tertiary/aromatic N) is 1. The fraction of sp³-hybridized carbons (Fsp3) is 0.467. The van der Waals surface area contributed by atoms with Crippen molar-refractivity contribution in [2.45, 2.75) is 39.3 Å². The van der Waals surface area contributed by atoms with Gasteiger partial charge in [0.1, 0.15) is 0 Å². The lowest BCUT2D eigenvalue weighted by atomic mass is 9.98. The van der Waals surface area contributed by atoms with Crippen LogP contribution in [0.3, 0.4) is 0 Å². The average molecular weight is 245 g/mol. The molecule has 1 aliphatic rings. The lowest BCUT2D eigenvalue weighted by Crippen LogP contribution is -2.43. The van der Waals surface area contributed by atoms with Crippen molar-refractivity contribution in [1.29, 1.82) is 0 Å². The molecule has 0 aliphatic carbocycles. The van der Waals surface area contributed by atoms with E-state index in [2.05, 4.69) is 49.9 Å². The summed E-state index contributed by atoms with van der Waals surface area (Å²) in [6.45, 7) is 9.25. The summed E-state index contributed by atoms with van der Waals surface area (Å²) < 4.78 is 1.45. The third kappa shape index (κ3) is 1.90. The first-order valence-corrected chi connectivity index (χ1v) is 7.12. The van der Waals surface area contributed by atoms with Crippen LogP contribution in [0.25, 0.3) is 10.1 Å².